The van der Waals surface area contributed by atoms with E-state index < -0.39 is 21.5 Å². The van der Waals surface area contributed by atoms with Crippen LogP contribution >= 0.6 is 0 Å². The van der Waals surface area contributed by atoms with Gasteiger partial charge in [0, 0.05) is 0 Å². The lowest BCUT2D eigenvalue weighted by Crippen LogP contribution is -2.44. The number of nitrogens with two attached hydrogens (primary N) is 2. The Labute approximate surface area is 53.8 Å². The molecule has 1 atom stereocenters. The summed E-state index contributed by atoms with van der Waals surface area (Å²) in [6.07, 6.45) is -1.03. The molecule has 1 unspecified atom stereocenters. The zero-order valence-corrected chi connectivity index (χ0v) is 5.80. The molecule has 9 heavy (non-hydrogen) atoms. The topological polar surface area (TPSA) is 106 Å². The van der Waals surface area contributed by atoms with Gasteiger partial charge in [0.25, 0.3) is 10.1 Å². The second kappa shape index (κ2) is 2.61. The molecule has 0 aliphatic heterocycles. The Morgan fingerprint density at radius 3 is 1.78 bits per heavy atom. The highest BCUT2D eigenvalue weighted by molar-refractivity contribution is 7.86. The van der Waals surface area contributed by atoms with Crippen molar-refractivity contribution >= 4 is 10.1 Å². The van der Waals surface area contributed by atoms with Gasteiger partial charge in [-0.2, -0.15) is 8.42 Å². The van der Waals surface area contributed by atoms with Gasteiger partial charge in [0.05, 0.1) is 6.17 Å². The lowest BCUT2D eigenvalue weighted by atomic mass is 10.4. The quantitative estimate of drug-likeness (QED) is 0.331. The number of rotatable bonds is 2. The summed E-state index contributed by atoms with van der Waals surface area (Å²) >= 11 is 0. The first-order valence-electron chi connectivity index (χ1n) is 2.33. The Bertz CT molecular complexity index is 173. The Morgan fingerprint density at radius 2 is 1.78 bits per heavy atom. The van der Waals surface area contributed by atoms with Crippen LogP contribution in [0.3, 0.4) is 0 Å². The van der Waals surface area contributed by atoms with Crippen LogP contribution < -0.4 is 11.5 Å². The van der Waals surface area contributed by atoms with Crippen molar-refractivity contribution in [2.75, 3.05) is 0 Å². The average Bonchev–Trinajstić information content (AvgIpc) is 1.62. The van der Waals surface area contributed by atoms with Crippen molar-refractivity contribution in [3.63, 3.8) is 0 Å². The van der Waals surface area contributed by atoms with E-state index in [0.717, 1.165) is 0 Å². The number of hydrogen-bond donors (Lipinski definition) is 3. The zero-order chi connectivity index (χ0) is 7.65. The molecule has 6 heteroatoms. The molecule has 0 saturated carbocycles. The van der Waals surface area contributed by atoms with Crippen molar-refractivity contribution in [3.05, 3.63) is 0 Å². The molecule has 0 aromatic carbocycles. The SMILES string of the molecule is CC(C(N)N)S(=O)(=O)O. The number of hydrogen-bond acceptors (Lipinski definition) is 4. The molecule has 0 heterocycles. The normalized spacial score (nSPS) is 16.1. The highest BCUT2D eigenvalue weighted by atomic mass is 32.2. The van der Waals surface area contributed by atoms with Crippen molar-refractivity contribution in [2.24, 2.45) is 11.5 Å². The summed E-state index contributed by atoms with van der Waals surface area (Å²) in [5.74, 6) is 0. The summed E-state index contributed by atoms with van der Waals surface area (Å²) in [5, 5.41) is -1.10. The first-order chi connectivity index (χ1) is 3.85. The zero-order valence-electron chi connectivity index (χ0n) is 4.98. The highest BCUT2D eigenvalue weighted by Gasteiger charge is 2.21. The minimum atomic E-state index is -4.05. The van der Waals surface area contributed by atoms with Gasteiger partial charge >= 0.3 is 0 Å². The summed E-state index contributed by atoms with van der Waals surface area (Å²) in [4.78, 5) is 0. The molecule has 0 fully saturated rings. The molecular formula is C3H10N2O3S. The van der Waals surface area contributed by atoms with Crippen LogP contribution in [-0.4, -0.2) is 24.4 Å². The van der Waals surface area contributed by atoms with E-state index in [4.69, 9.17) is 16.0 Å². The molecule has 0 radical (unpaired) electrons. The van der Waals surface area contributed by atoms with Crippen LogP contribution in [-0.2, 0) is 10.1 Å². The van der Waals surface area contributed by atoms with Gasteiger partial charge in [-0.15, -0.1) is 0 Å². The summed E-state index contributed by atoms with van der Waals surface area (Å²) in [7, 11) is -4.05. The minimum absolute atomic E-state index is 1.03. The van der Waals surface area contributed by atoms with E-state index in [1.165, 1.54) is 6.92 Å². The second-order valence-electron chi connectivity index (χ2n) is 1.80. The molecule has 0 aromatic heterocycles. The molecule has 0 aliphatic rings. The van der Waals surface area contributed by atoms with E-state index in [9.17, 15) is 8.42 Å². The fraction of sp³-hybridized carbons (Fsp3) is 1.00. The van der Waals surface area contributed by atoms with Crippen LogP contribution in [0.15, 0.2) is 0 Å². The fourth-order valence-electron chi connectivity index (χ4n) is 0.199. The smallest absolute Gasteiger partial charge is 0.270 e. The van der Waals surface area contributed by atoms with Crippen LogP contribution in [0.1, 0.15) is 6.92 Å². The van der Waals surface area contributed by atoms with Crippen molar-refractivity contribution in [1.29, 1.82) is 0 Å². The maximum absolute atomic E-state index is 10.2. The van der Waals surface area contributed by atoms with E-state index in [-0.39, 0.29) is 0 Å². The third kappa shape index (κ3) is 2.75. The Kier molecular flexibility index (Phi) is 2.56. The van der Waals surface area contributed by atoms with Gasteiger partial charge in [-0.25, -0.2) is 0 Å². The lowest BCUT2D eigenvalue weighted by Gasteiger charge is -2.10. The van der Waals surface area contributed by atoms with E-state index in [1.54, 1.807) is 0 Å². The van der Waals surface area contributed by atoms with Gasteiger partial charge in [0.2, 0.25) is 0 Å². The van der Waals surface area contributed by atoms with E-state index in [0.29, 0.717) is 0 Å². The monoisotopic (exact) mass is 154 g/mol. The third-order valence-electron chi connectivity index (χ3n) is 1.01. The molecule has 0 saturated heterocycles. The predicted molar refractivity (Wildman–Crippen MR) is 33.2 cm³/mol. The van der Waals surface area contributed by atoms with Crippen LogP contribution in [0.25, 0.3) is 0 Å². The summed E-state index contributed by atoms with van der Waals surface area (Å²) in [5.41, 5.74) is 9.92. The Hall–Kier alpha value is -0.170. The predicted octanol–water partition coefficient (Wildman–Crippen LogP) is -1.49. The molecule has 0 bridgehead atoms. The molecule has 5 N–H and O–H groups in total. The summed E-state index contributed by atoms with van der Waals surface area (Å²) in [6.45, 7) is 1.24. The van der Waals surface area contributed by atoms with Gasteiger partial charge in [0.1, 0.15) is 5.25 Å². The van der Waals surface area contributed by atoms with E-state index in [2.05, 4.69) is 0 Å². The average molecular weight is 154 g/mol. The van der Waals surface area contributed by atoms with Gasteiger partial charge in [-0.3, -0.25) is 4.55 Å². The Balaban J connectivity index is 4.24. The van der Waals surface area contributed by atoms with E-state index in [1.807, 2.05) is 0 Å². The lowest BCUT2D eigenvalue weighted by molar-refractivity contribution is 0.458. The minimum Gasteiger partial charge on any atom is -0.315 e. The molecule has 0 spiro atoms. The van der Waals surface area contributed by atoms with E-state index >= 15 is 0 Å². The largest absolute Gasteiger partial charge is 0.315 e. The summed E-state index contributed by atoms with van der Waals surface area (Å²) < 4.78 is 28.6. The van der Waals surface area contributed by atoms with Crippen molar-refractivity contribution < 1.29 is 13.0 Å². The van der Waals surface area contributed by atoms with Gasteiger partial charge < -0.3 is 11.5 Å². The van der Waals surface area contributed by atoms with Crippen LogP contribution in [0, 0.1) is 0 Å². The molecule has 0 rings (SSSR count). The van der Waals surface area contributed by atoms with Crippen LogP contribution in [0.5, 0.6) is 0 Å². The maximum atomic E-state index is 10.2. The first-order valence-corrected chi connectivity index (χ1v) is 3.83. The highest BCUT2D eigenvalue weighted by Crippen LogP contribution is 1.96. The van der Waals surface area contributed by atoms with Crippen molar-refractivity contribution in [3.8, 4) is 0 Å². The second-order valence-corrected chi connectivity index (χ2v) is 3.57. The fourth-order valence-corrected chi connectivity index (χ4v) is 0.596. The van der Waals surface area contributed by atoms with Gasteiger partial charge in [-0.05, 0) is 6.92 Å². The van der Waals surface area contributed by atoms with Gasteiger partial charge in [-0.1, -0.05) is 0 Å². The third-order valence-corrected chi connectivity index (χ3v) is 2.27. The molecule has 56 valence electrons. The molecule has 0 aliphatic carbocycles. The molecule has 0 amide bonds. The van der Waals surface area contributed by atoms with Crippen LogP contribution in [0.2, 0.25) is 0 Å². The molecular weight excluding hydrogens is 144 g/mol. The van der Waals surface area contributed by atoms with Crippen molar-refractivity contribution in [1.82, 2.24) is 0 Å². The van der Waals surface area contributed by atoms with Crippen LogP contribution in [0.4, 0.5) is 0 Å². The molecule has 5 nitrogen and oxygen atoms in total. The standard InChI is InChI=1S/C3H10N2O3S/c1-2(3(4)5)9(6,7)8/h2-3H,4-5H2,1H3,(H,6,7,8). The van der Waals surface area contributed by atoms with Gasteiger partial charge in [0.15, 0.2) is 0 Å². The maximum Gasteiger partial charge on any atom is 0.270 e. The molecule has 0 aromatic rings. The van der Waals surface area contributed by atoms with Crippen molar-refractivity contribution in [2.45, 2.75) is 18.3 Å². The summed E-state index contributed by atoms with van der Waals surface area (Å²) in [6, 6.07) is 0. The Morgan fingerprint density at radius 1 is 1.44 bits per heavy atom. The first kappa shape index (κ1) is 8.83.